The van der Waals surface area contributed by atoms with Gasteiger partial charge in [0.15, 0.2) is 0 Å². The van der Waals surface area contributed by atoms with E-state index in [9.17, 15) is 0 Å². The molecule has 0 fully saturated rings. The molecule has 0 saturated heterocycles. The van der Waals surface area contributed by atoms with E-state index in [1.54, 1.807) is 7.11 Å². The van der Waals surface area contributed by atoms with E-state index in [0.717, 1.165) is 12.2 Å². The topological polar surface area (TPSA) is 9.23 Å². The smallest absolute Gasteiger partial charge is 0.118 e. The summed E-state index contributed by atoms with van der Waals surface area (Å²) in [6.07, 6.45) is 5.58. The van der Waals surface area contributed by atoms with Crippen molar-refractivity contribution < 1.29 is 4.74 Å². The van der Waals surface area contributed by atoms with Gasteiger partial charge in [-0.25, -0.2) is 0 Å². The highest BCUT2D eigenvalue weighted by atomic mass is 16.5. The van der Waals surface area contributed by atoms with Crippen LogP contribution >= 0.6 is 0 Å². The zero-order valence-electron chi connectivity index (χ0n) is 10.1. The van der Waals surface area contributed by atoms with Crippen molar-refractivity contribution in [2.45, 2.75) is 27.2 Å². The molecule has 0 bridgehead atoms. The van der Waals surface area contributed by atoms with Gasteiger partial charge in [0.1, 0.15) is 5.75 Å². The lowest BCUT2D eigenvalue weighted by molar-refractivity contribution is 0.415. The van der Waals surface area contributed by atoms with Crippen molar-refractivity contribution >= 4 is 6.08 Å². The fourth-order valence-electron chi connectivity index (χ4n) is 1.15. The van der Waals surface area contributed by atoms with Crippen LogP contribution in [0.2, 0.25) is 0 Å². The quantitative estimate of drug-likeness (QED) is 0.716. The largest absolute Gasteiger partial charge is 0.497 e. The SMILES string of the molecule is CCC(C)(C)/C=C\c1ccc(OC)cc1. The van der Waals surface area contributed by atoms with E-state index in [1.807, 2.05) is 12.1 Å². The molecule has 1 aromatic carbocycles. The Balaban J connectivity index is 2.73. The van der Waals surface area contributed by atoms with Gasteiger partial charge in [0.2, 0.25) is 0 Å². The molecule has 15 heavy (non-hydrogen) atoms. The molecular formula is C14H20O. The Hall–Kier alpha value is -1.24. The van der Waals surface area contributed by atoms with Crippen molar-refractivity contribution in [3.8, 4) is 5.75 Å². The second-order valence-corrected chi connectivity index (χ2v) is 4.45. The summed E-state index contributed by atoms with van der Waals surface area (Å²) < 4.78 is 5.11. The first-order valence-electron chi connectivity index (χ1n) is 5.41. The summed E-state index contributed by atoms with van der Waals surface area (Å²) >= 11 is 0. The minimum absolute atomic E-state index is 0.278. The van der Waals surface area contributed by atoms with Gasteiger partial charge in [-0.2, -0.15) is 0 Å². The Labute approximate surface area is 92.8 Å². The average molecular weight is 204 g/mol. The summed E-state index contributed by atoms with van der Waals surface area (Å²) in [5, 5.41) is 0. The van der Waals surface area contributed by atoms with Crippen LogP contribution < -0.4 is 4.74 Å². The van der Waals surface area contributed by atoms with Crippen molar-refractivity contribution in [3.05, 3.63) is 35.9 Å². The Morgan fingerprint density at radius 3 is 2.27 bits per heavy atom. The first-order chi connectivity index (χ1) is 7.07. The van der Waals surface area contributed by atoms with Crippen LogP contribution in [-0.4, -0.2) is 7.11 Å². The third-order valence-electron chi connectivity index (χ3n) is 2.75. The molecule has 1 heteroatoms. The highest BCUT2D eigenvalue weighted by molar-refractivity contribution is 5.51. The average Bonchev–Trinajstić information content (AvgIpc) is 2.27. The highest BCUT2D eigenvalue weighted by Crippen LogP contribution is 2.23. The van der Waals surface area contributed by atoms with Gasteiger partial charge >= 0.3 is 0 Å². The van der Waals surface area contributed by atoms with Crippen molar-refractivity contribution in [1.82, 2.24) is 0 Å². The van der Waals surface area contributed by atoms with E-state index < -0.39 is 0 Å². The van der Waals surface area contributed by atoms with E-state index >= 15 is 0 Å². The number of methoxy groups -OCH3 is 1. The molecular weight excluding hydrogens is 184 g/mol. The lowest BCUT2D eigenvalue weighted by Crippen LogP contribution is -2.03. The van der Waals surface area contributed by atoms with E-state index in [1.165, 1.54) is 5.56 Å². The number of hydrogen-bond donors (Lipinski definition) is 0. The van der Waals surface area contributed by atoms with Gasteiger partial charge < -0.3 is 4.74 Å². The summed E-state index contributed by atoms with van der Waals surface area (Å²) in [6.45, 7) is 6.69. The molecule has 1 nitrogen and oxygen atoms in total. The van der Waals surface area contributed by atoms with Gasteiger partial charge in [-0.1, -0.05) is 45.1 Å². The number of allylic oxidation sites excluding steroid dienone is 1. The van der Waals surface area contributed by atoms with E-state index in [-0.39, 0.29) is 5.41 Å². The first-order valence-corrected chi connectivity index (χ1v) is 5.41. The molecule has 0 unspecified atom stereocenters. The minimum atomic E-state index is 0.278. The Morgan fingerprint density at radius 1 is 1.20 bits per heavy atom. The lowest BCUT2D eigenvalue weighted by Gasteiger charge is -2.16. The van der Waals surface area contributed by atoms with Gasteiger partial charge in [0, 0.05) is 0 Å². The summed E-state index contributed by atoms with van der Waals surface area (Å²) in [6, 6.07) is 8.11. The first kappa shape index (κ1) is 11.8. The fourth-order valence-corrected chi connectivity index (χ4v) is 1.15. The molecule has 0 saturated carbocycles. The van der Waals surface area contributed by atoms with Crippen molar-refractivity contribution in [3.63, 3.8) is 0 Å². The summed E-state index contributed by atoms with van der Waals surface area (Å²) in [7, 11) is 1.69. The van der Waals surface area contributed by atoms with Crippen molar-refractivity contribution in [1.29, 1.82) is 0 Å². The normalized spacial score (nSPS) is 12.0. The highest BCUT2D eigenvalue weighted by Gasteiger charge is 2.09. The molecule has 0 N–H and O–H groups in total. The van der Waals surface area contributed by atoms with E-state index in [4.69, 9.17) is 4.74 Å². The number of hydrogen-bond acceptors (Lipinski definition) is 1. The van der Waals surface area contributed by atoms with Crippen LogP contribution in [0, 0.1) is 5.41 Å². The van der Waals surface area contributed by atoms with Crippen LogP contribution in [0.5, 0.6) is 5.75 Å². The maximum atomic E-state index is 5.11. The Kier molecular flexibility index (Phi) is 3.96. The minimum Gasteiger partial charge on any atom is -0.497 e. The maximum Gasteiger partial charge on any atom is 0.118 e. The summed E-state index contributed by atoms with van der Waals surface area (Å²) in [5.41, 5.74) is 1.50. The zero-order chi connectivity index (χ0) is 11.3. The molecule has 82 valence electrons. The monoisotopic (exact) mass is 204 g/mol. The van der Waals surface area contributed by atoms with E-state index in [2.05, 4.69) is 45.1 Å². The number of benzene rings is 1. The van der Waals surface area contributed by atoms with Crippen LogP contribution in [0.25, 0.3) is 6.08 Å². The van der Waals surface area contributed by atoms with Gasteiger partial charge in [-0.05, 0) is 29.5 Å². The molecule has 0 radical (unpaired) electrons. The van der Waals surface area contributed by atoms with Crippen LogP contribution in [-0.2, 0) is 0 Å². The number of rotatable bonds is 4. The van der Waals surface area contributed by atoms with Gasteiger partial charge in [0.05, 0.1) is 7.11 Å². The van der Waals surface area contributed by atoms with E-state index in [0.29, 0.717) is 0 Å². The van der Waals surface area contributed by atoms with Gasteiger partial charge in [-0.3, -0.25) is 0 Å². The predicted molar refractivity (Wildman–Crippen MR) is 66.1 cm³/mol. The predicted octanol–water partition coefficient (Wildman–Crippen LogP) is 4.14. The molecule has 0 heterocycles. The Morgan fingerprint density at radius 2 is 1.80 bits per heavy atom. The standard InChI is InChI=1S/C14H20O/c1-5-14(2,3)11-10-12-6-8-13(15-4)9-7-12/h6-11H,5H2,1-4H3/b11-10-. The van der Waals surface area contributed by atoms with Crippen LogP contribution in [0.4, 0.5) is 0 Å². The Bertz CT molecular complexity index is 320. The summed E-state index contributed by atoms with van der Waals surface area (Å²) in [4.78, 5) is 0. The lowest BCUT2D eigenvalue weighted by atomic mass is 9.89. The molecule has 0 spiro atoms. The molecule has 1 rings (SSSR count). The molecule has 0 aliphatic carbocycles. The zero-order valence-corrected chi connectivity index (χ0v) is 10.1. The number of ether oxygens (including phenoxy) is 1. The van der Waals surface area contributed by atoms with Crippen LogP contribution in [0.1, 0.15) is 32.8 Å². The molecule has 0 aromatic heterocycles. The van der Waals surface area contributed by atoms with Crippen LogP contribution in [0.3, 0.4) is 0 Å². The summed E-state index contributed by atoms with van der Waals surface area (Å²) in [5.74, 6) is 0.905. The third kappa shape index (κ3) is 3.78. The van der Waals surface area contributed by atoms with Crippen molar-refractivity contribution in [2.75, 3.05) is 7.11 Å². The van der Waals surface area contributed by atoms with Crippen LogP contribution in [0.15, 0.2) is 30.3 Å². The maximum absolute atomic E-state index is 5.11. The third-order valence-corrected chi connectivity index (χ3v) is 2.75. The fraction of sp³-hybridized carbons (Fsp3) is 0.429. The molecule has 0 amide bonds. The molecule has 1 aromatic rings. The van der Waals surface area contributed by atoms with Crippen molar-refractivity contribution in [2.24, 2.45) is 5.41 Å². The molecule has 0 aliphatic heterocycles. The molecule has 0 aliphatic rings. The second kappa shape index (κ2) is 5.01. The van der Waals surface area contributed by atoms with Gasteiger partial charge in [0.25, 0.3) is 0 Å². The molecule has 0 atom stereocenters. The van der Waals surface area contributed by atoms with Gasteiger partial charge in [-0.15, -0.1) is 0 Å². The second-order valence-electron chi connectivity index (χ2n) is 4.45.